The van der Waals surface area contributed by atoms with Gasteiger partial charge in [-0.25, -0.2) is 5.84 Å². The van der Waals surface area contributed by atoms with Crippen LogP contribution in [-0.2, 0) is 6.54 Å². The summed E-state index contributed by atoms with van der Waals surface area (Å²) < 4.78 is 5.41. The van der Waals surface area contributed by atoms with Crippen LogP contribution in [0.2, 0.25) is 0 Å². The SMILES string of the molecule is CCCN(Cc1cc(C(=O)NN)co1)CC1CC1. The van der Waals surface area contributed by atoms with Crippen LogP contribution in [0.3, 0.4) is 0 Å². The molecule has 1 aromatic rings. The second-order valence-electron chi connectivity index (χ2n) is 4.95. The topological polar surface area (TPSA) is 71.5 Å². The second-order valence-corrected chi connectivity index (χ2v) is 4.95. The molecule has 1 aliphatic rings. The molecule has 1 aliphatic carbocycles. The monoisotopic (exact) mass is 251 g/mol. The number of nitrogens with zero attached hydrogens (tertiary/aromatic N) is 1. The molecule has 100 valence electrons. The molecule has 0 saturated heterocycles. The minimum Gasteiger partial charge on any atom is -0.467 e. The van der Waals surface area contributed by atoms with Gasteiger partial charge in [0.2, 0.25) is 0 Å². The fraction of sp³-hybridized carbons (Fsp3) is 0.615. The number of rotatable bonds is 7. The molecule has 5 heteroatoms. The predicted octanol–water partition coefficient (Wildman–Crippen LogP) is 1.51. The highest BCUT2D eigenvalue weighted by Gasteiger charge is 2.24. The molecule has 0 radical (unpaired) electrons. The van der Waals surface area contributed by atoms with Crippen molar-refractivity contribution in [1.29, 1.82) is 0 Å². The standard InChI is InChI=1S/C13H21N3O2/c1-2-5-16(7-10-3-4-10)8-12-6-11(9-18-12)13(17)15-14/h6,9-10H,2-5,7-8,14H2,1H3,(H,15,17). The molecule has 1 aromatic heterocycles. The van der Waals surface area contributed by atoms with Gasteiger partial charge in [-0.3, -0.25) is 15.1 Å². The Kier molecular flexibility index (Phi) is 4.38. The minimum absolute atomic E-state index is 0.311. The zero-order valence-electron chi connectivity index (χ0n) is 10.8. The van der Waals surface area contributed by atoms with Gasteiger partial charge >= 0.3 is 0 Å². The number of amides is 1. The average Bonchev–Trinajstić information content (AvgIpc) is 3.05. The third-order valence-electron chi connectivity index (χ3n) is 3.18. The quantitative estimate of drug-likeness (QED) is 0.438. The van der Waals surface area contributed by atoms with Crippen LogP contribution in [0, 0.1) is 5.92 Å². The molecular weight excluding hydrogens is 230 g/mol. The van der Waals surface area contributed by atoms with E-state index in [1.165, 1.54) is 19.1 Å². The third-order valence-corrected chi connectivity index (χ3v) is 3.18. The summed E-state index contributed by atoms with van der Waals surface area (Å²) in [6.45, 7) is 5.14. The van der Waals surface area contributed by atoms with Crippen molar-refractivity contribution in [2.45, 2.75) is 32.7 Å². The van der Waals surface area contributed by atoms with E-state index < -0.39 is 0 Å². The summed E-state index contributed by atoms with van der Waals surface area (Å²) in [6, 6.07) is 1.76. The van der Waals surface area contributed by atoms with Crippen LogP contribution in [0.25, 0.3) is 0 Å². The Bertz CT molecular complexity index is 399. The van der Waals surface area contributed by atoms with E-state index in [4.69, 9.17) is 10.3 Å². The van der Waals surface area contributed by atoms with Gasteiger partial charge in [0.15, 0.2) is 0 Å². The normalized spacial score (nSPS) is 15.1. The lowest BCUT2D eigenvalue weighted by atomic mass is 10.2. The Hall–Kier alpha value is -1.33. The predicted molar refractivity (Wildman–Crippen MR) is 68.7 cm³/mol. The Balaban J connectivity index is 1.92. The Morgan fingerprint density at radius 1 is 1.61 bits per heavy atom. The van der Waals surface area contributed by atoms with Crippen molar-refractivity contribution in [2.24, 2.45) is 11.8 Å². The average molecular weight is 251 g/mol. The summed E-state index contributed by atoms with van der Waals surface area (Å²) >= 11 is 0. The van der Waals surface area contributed by atoms with Crippen molar-refractivity contribution in [1.82, 2.24) is 10.3 Å². The van der Waals surface area contributed by atoms with Crippen molar-refractivity contribution in [3.63, 3.8) is 0 Å². The van der Waals surface area contributed by atoms with Gasteiger partial charge < -0.3 is 4.42 Å². The van der Waals surface area contributed by atoms with Crippen molar-refractivity contribution < 1.29 is 9.21 Å². The highest BCUT2D eigenvalue weighted by Crippen LogP contribution is 2.30. The van der Waals surface area contributed by atoms with Crippen LogP contribution in [0.5, 0.6) is 0 Å². The molecule has 5 nitrogen and oxygen atoms in total. The molecule has 1 fully saturated rings. The third kappa shape index (κ3) is 3.58. The number of carbonyl (C=O) groups excluding carboxylic acids is 1. The van der Waals surface area contributed by atoms with Crippen LogP contribution < -0.4 is 11.3 Å². The summed E-state index contributed by atoms with van der Waals surface area (Å²) in [6.07, 6.45) is 5.28. The first-order chi connectivity index (χ1) is 8.72. The highest BCUT2D eigenvalue weighted by atomic mass is 16.3. The fourth-order valence-corrected chi connectivity index (χ4v) is 2.10. The lowest BCUT2D eigenvalue weighted by Crippen LogP contribution is -2.29. The zero-order chi connectivity index (χ0) is 13.0. The number of nitrogen functional groups attached to an aromatic ring is 1. The van der Waals surface area contributed by atoms with Gasteiger partial charge in [0, 0.05) is 6.54 Å². The molecule has 3 N–H and O–H groups in total. The number of carbonyl (C=O) groups is 1. The molecule has 0 aromatic carbocycles. The van der Waals surface area contributed by atoms with E-state index >= 15 is 0 Å². The zero-order valence-corrected chi connectivity index (χ0v) is 10.8. The van der Waals surface area contributed by atoms with Crippen LogP contribution in [0.1, 0.15) is 42.3 Å². The maximum Gasteiger partial charge on any atom is 0.268 e. The van der Waals surface area contributed by atoms with Crippen molar-refractivity contribution in [2.75, 3.05) is 13.1 Å². The molecular formula is C13H21N3O2. The van der Waals surface area contributed by atoms with Gasteiger partial charge in [-0.1, -0.05) is 6.92 Å². The summed E-state index contributed by atoms with van der Waals surface area (Å²) in [5.74, 6) is 6.46. The number of hydrogen-bond donors (Lipinski definition) is 2. The molecule has 1 amide bonds. The van der Waals surface area contributed by atoms with E-state index in [2.05, 4.69) is 17.2 Å². The van der Waals surface area contributed by atoms with Gasteiger partial charge in [-0.05, 0) is 37.8 Å². The smallest absolute Gasteiger partial charge is 0.268 e. The van der Waals surface area contributed by atoms with Gasteiger partial charge in [-0.2, -0.15) is 0 Å². The Morgan fingerprint density at radius 2 is 2.39 bits per heavy atom. The molecule has 0 atom stereocenters. The minimum atomic E-state index is -0.311. The maximum atomic E-state index is 11.3. The highest BCUT2D eigenvalue weighted by molar-refractivity contribution is 5.93. The maximum absolute atomic E-state index is 11.3. The van der Waals surface area contributed by atoms with E-state index in [9.17, 15) is 4.79 Å². The summed E-state index contributed by atoms with van der Waals surface area (Å²) in [7, 11) is 0. The summed E-state index contributed by atoms with van der Waals surface area (Å²) in [5.41, 5.74) is 2.58. The lowest BCUT2D eigenvalue weighted by molar-refractivity contribution is 0.0953. The van der Waals surface area contributed by atoms with Crippen LogP contribution in [0.4, 0.5) is 0 Å². The first-order valence-corrected chi connectivity index (χ1v) is 6.53. The van der Waals surface area contributed by atoms with E-state index in [1.54, 1.807) is 6.07 Å². The molecule has 0 bridgehead atoms. The van der Waals surface area contributed by atoms with Gasteiger partial charge in [-0.15, -0.1) is 0 Å². The van der Waals surface area contributed by atoms with E-state index in [0.717, 1.165) is 37.7 Å². The molecule has 0 spiro atoms. The molecule has 1 heterocycles. The number of hydrogen-bond acceptors (Lipinski definition) is 4. The van der Waals surface area contributed by atoms with Gasteiger partial charge in [0.05, 0.1) is 12.1 Å². The Labute approximate surface area is 107 Å². The molecule has 0 unspecified atom stereocenters. The van der Waals surface area contributed by atoms with Crippen LogP contribution in [-0.4, -0.2) is 23.9 Å². The van der Waals surface area contributed by atoms with Crippen molar-refractivity contribution >= 4 is 5.91 Å². The lowest BCUT2D eigenvalue weighted by Gasteiger charge is -2.19. The van der Waals surface area contributed by atoms with Crippen LogP contribution >= 0.6 is 0 Å². The number of hydrazine groups is 1. The van der Waals surface area contributed by atoms with Gasteiger partial charge in [0.1, 0.15) is 12.0 Å². The van der Waals surface area contributed by atoms with Crippen molar-refractivity contribution in [3.05, 3.63) is 23.7 Å². The number of furan rings is 1. The van der Waals surface area contributed by atoms with Crippen LogP contribution in [0.15, 0.2) is 16.7 Å². The summed E-state index contributed by atoms with van der Waals surface area (Å²) in [4.78, 5) is 13.7. The van der Waals surface area contributed by atoms with Crippen molar-refractivity contribution in [3.8, 4) is 0 Å². The van der Waals surface area contributed by atoms with E-state index in [-0.39, 0.29) is 5.91 Å². The number of nitrogens with one attached hydrogen (secondary N) is 1. The number of nitrogens with two attached hydrogens (primary N) is 1. The molecule has 1 saturated carbocycles. The largest absolute Gasteiger partial charge is 0.467 e. The fourth-order valence-electron chi connectivity index (χ4n) is 2.10. The first kappa shape index (κ1) is 13.1. The molecule has 0 aliphatic heterocycles. The van der Waals surface area contributed by atoms with E-state index in [0.29, 0.717) is 5.56 Å². The molecule has 18 heavy (non-hydrogen) atoms. The van der Waals surface area contributed by atoms with E-state index in [1.807, 2.05) is 0 Å². The summed E-state index contributed by atoms with van der Waals surface area (Å²) in [5, 5.41) is 0. The Morgan fingerprint density at radius 3 is 3.00 bits per heavy atom. The molecule has 2 rings (SSSR count). The second kappa shape index (κ2) is 6.02. The first-order valence-electron chi connectivity index (χ1n) is 6.53. The van der Waals surface area contributed by atoms with Gasteiger partial charge in [0.25, 0.3) is 5.91 Å².